The average Bonchev–Trinajstić information content (AvgIpc) is 3.00. The Bertz CT molecular complexity index is 584. The molecular weight excluding hydrogens is 311 g/mol. The van der Waals surface area contributed by atoms with Crippen molar-refractivity contribution in [2.45, 2.75) is 31.6 Å². The fourth-order valence-electron chi connectivity index (χ4n) is 2.45. The average molecular weight is 329 g/mol. The molecule has 1 heterocycles. The zero-order valence-corrected chi connectivity index (χ0v) is 12.6. The minimum Gasteiger partial charge on any atom is -0.334 e. The third-order valence-electron chi connectivity index (χ3n) is 3.58. The van der Waals surface area contributed by atoms with E-state index in [1.807, 2.05) is 0 Å². The molecule has 1 fully saturated rings. The van der Waals surface area contributed by atoms with Crippen LogP contribution in [0.15, 0.2) is 24.3 Å². The molecule has 1 unspecified atom stereocenters. The van der Waals surface area contributed by atoms with E-state index in [-0.39, 0.29) is 18.5 Å². The van der Waals surface area contributed by atoms with Crippen molar-refractivity contribution in [3.05, 3.63) is 29.8 Å². The van der Waals surface area contributed by atoms with Crippen LogP contribution in [0.5, 0.6) is 0 Å². The molecule has 1 aromatic rings. The summed E-state index contributed by atoms with van der Waals surface area (Å²) in [6, 6.07) is 6.20. The van der Waals surface area contributed by atoms with Gasteiger partial charge in [-0.3, -0.25) is 9.59 Å². The van der Waals surface area contributed by atoms with Gasteiger partial charge in [0.1, 0.15) is 0 Å². The molecule has 8 heteroatoms. The number of nitrogens with one attached hydrogen (secondary N) is 2. The second-order valence-electron chi connectivity index (χ2n) is 5.50. The van der Waals surface area contributed by atoms with Crippen molar-refractivity contribution in [1.82, 2.24) is 10.2 Å². The highest BCUT2D eigenvalue weighted by molar-refractivity contribution is 5.95. The van der Waals surface area contributed by atoms with Crippen LogP contribution in [0.4, 0.5) is 18.9 Å². The zero-order valence-electron chi connectivity index (χ0n) is 12.6. The number of hydrogen-bond donors (Lipinski definition) is 2. The number of carbonyl (C=O) groups excluding carboxylic acids is 2. The van der Waals surface area contributed by atoms with Crippen molar-refractivity contribution in [3.8, 4) is 0 Å². The quantitative estimate of drug-likeness (QED) is 0.887. The van der Waals surface area contributed by atoms with Crippen molar-refractivity contribution in [1.29, 1.82) is 0 Å². The smallest absolute Gasteiger partial charge is 0.334 e. The molecule has 0 bridgehead atoms. The Morgan fingerprint density at radius 1 is 1.39 bits per heavy atom. The number of benzene rings is 1. The van der Waals surface area contributed by atoms with Crippen LogP contribution < -0.4 is 10.6 Å². The second kappa shape index (κ2) is 6.99. The summed E-state index contributed by atoms with van der Waals surface area (Å²) in [5, 5.41) is 5.79. The molecule has 1 aliphatic heterocycles. The first-order valence-corrected chi connectivity index (χ1v) is 7.23. The summed E-state index contributed by atoms with van der Waals surface area (Å²) in [6.45, 7) is 0.603. The molecule has 2 amide bonds. The van der Waals surface area contributed by atoms with Gasteiger partial charge in [0.15, 0.2) is 0 Å². The number of alkyl halides is 3. The first kappa shape index (κ1) is 17.3. The van der Waals surface area contributed by atoms with E-state index in [4.69, 9.17) is 0 Å². The molecular formula is C15H18F3N3O2. The number of nitrogens with zero attached hydrogens (tertiary/aromatic N) is 1. The van der Waals surface area contributed by atoms with Crippen LogP contribution in [-0.4, -0.2) is 42.5 Å². The van der Waals surface area contributed by atoms with Gasteiger partial charge in [-0.2, -0.15) is 13.2 Å². The Labute approximate surface area is 131 Å². The van der Waals surface area contributed by atoms with Gasteiger partial charge in [0, 0.05) is 19.3 Å². The Morgan fingerprint density at radius 2 is 2.13 bits per heavy atom. The minimum absolute atomic E-state index is 0.167. The third kappa shape index (κ3) is 4.69. The molecule has 0 spiro atoms. The van der Waals surface area contributed by atoms with Gasteiger partial charge < -0.3 is 15.5 Å². The maximum atomic E-state index is 12.4. The van der Waals surface area contributed by atoms with Gasteiger partial charge in [-0.25, -0.2) is 0 Å². The number of hydrogen-bond acceptors (Lipinski definition) is 3. The lowest BCUT2D eigenvalue weighted by Gasteiger charge is -2.19. The van der Waals surface area contributed by atoms with Crippen molar-refractivity contribution in [2.24, 2.45) is 0 Å². The second-order valence-corrected chi connectivity index (χ2v) is 5.50. The van der Waals surface area contributed by atoms with Gasteiger partial charge in [-0.05, 0) is 37.1 Å². The van der Waals surface area contributed by atoms with E-state index in [0.717, 1.165) is 26.4 Å². The van der Waals surface area contributed by atoms with Gasteiger partial charge >= 0.3 is 12.1 Å². The summed E-state index contributed by atoms with van der Waals surface area (Å²) < 4.78 is 37.1. The molecule has 0 aliphatic carbocycles. The fraction of sp³-hybridized carbons (Fsp3) is 0.467. The normalized spacial score (nSPS) is 17.8. The lowest BCUT2D eigenvalue weighted by molar-refractivity contribution is -0.184. The minimum atomic E-state index is -4.89. The molecule has 126 valence electrons. The van der Waals surface area contributed by atoms with Gasteiger partial charge in [0.05, 0.1) is 6.04 Å². The molecule has 2 rings (SSSR count). The molecule has 1 aliphatic rings. The van der Waals surface area contributed by atoms with Crippen molar-refractivity contribution < 1.29 is 22.8 Å². The Hall–Kier alpha value is -2.09. The SMILES string of the molecule is CN(Cc1cccc(NC(=O)C2CCCN2)c1)C(=O)C(F)(F)F. The number of anilines is 1. The lowest BCUT2D eigenvalue weighted by Crippen LogP contribution is -2.38. The molecule has 0 radical (unpaired) electrons. The highest BCUT2D eigenvalue weighted by Crippen LogP contribution is 2.20. The van der Waals surface area contributed by atoms with Crippen molar-refractivity contribution >= 4 is 17.5 Å². The summed E-state index contributed by atoms with van der Waals surface area (Å²) in [5.74, 6) is -2.07. The predicted molar refractivity (Wildman–Crippen MR) is 78.6 cm³/mol. The van der Waals surface area contributed by atoms with E-state index in [1.54, 1.807) is 24.3 Å². The summed E-state index contributed by atoms with van der Waals surface area (Å²) in [5.41, 5.74) is 0.997. The Kier molecular flexibility index (Phi) is 5.25. The maximum absolute atomic E-state index is 12.4. The highest BCUT2D eigenvalue weighted by Gasteiger charge is 2.41. The third-order valence-corrected chi connectivity index (χ3v) is 3.58. The maximum Gasteiger partial charge on any atom is 0.471 e. The predicted octanol–water partition coefficient (Wildman–Crippen LogP) is 1.90. The first-order chi connectivity index (χ1) is 10.8. The molecule has 23 heavy (non-hydrogen) atoms. The zero-order chi connectivity index (χ0) is 17.0. The summed E-state index contributed by atoms with van der Waals surface area (Å²) >= 11 is 0. The largest absolute Gasteiger partial charge is 0.471 e. The van der Waals surface area contributed by atoms with Gasteiger partial charge in [0.2, 0.25) is 5.91 Å². The van der Waals surface area contributed by atoms with Gasteiger partial charge in [0.25, 0.3) is 0 Å². The topological polar surface area (TPSA) is 61.4 Å². The first-order valence-electron chi connectivity index (χ1n) is 7.23. The van der Waals surface area contributed by atoms with E-state index in [9.17, 15) is 22.8 Å². The Morgan fingerprint density at radius 3 is 2.74 bits per heavy atom. The molecule has 1 aromatic carbocycles. The van der Waals surface area contributed by atoms with Crippen molar-refractivity contribution in [3.63, 3.8) is 0 Å². The number of carbonyl (C=O) groups is 2. The van der Waals surface area contributed by atoms with Crippen molar-refractivity contribution in [2.75, 3.05) is 18.9 Å². The van der Waals surface area contributed by atoms with Crippen LogP contribution in [0.3, 0.4) is 0 Å². The highest BCUT2D eigenvalue weighted by atomic mass is 19.4. The fourth-order valence-corrected chi connectivity index (χ4v) is 2.45. The molecule has 2 N–H and O–H groups in total. The summed E-state index contributed by atoms with van der Waals surface area (Å²) in [6.07, 6.45) is -3.20. The monoisotopic (exact) mass is 329 g/mol. The standard InChI is InChI=1S/C15H18F3N3O2/c1-21(14(23)15(16,17)18)9-10-4-2-5-11(8-10)20-13(22)12-6-3-7-19-12/h2,4-5,8,12,19H,3,6-7,9H2,1H3,(H,20,22). The lowest BCUT2D eigenvalue weighted by atomic mass is 10.1. The van der Waals surface area contributed by atoms with Crippen LogP contribution in [0.1, 0.15) is 18.4 Å². The van der Waals surface area contributed by atoms with E-state index < -0.39 is 12.1 Å². The van der Waals surface area contributed by atoms with E-state index >= 15 is 0 Å². The van der Waals surface area contributed by atoms with Gasteiger partial charge in [-0.1, -0.05) is 12.1 Å². The van der Waals surface area contributed by atoms with E-state index in [2.05, 4.69) is 10.6 Å². The molecule has 5 nitrogen and oxygen atoms in total. The molecule has 0 saturated carbocycles. The number of amides is 2. The van der Waals surface area contributed by atoms with Crippen LogP contribution in [-0.2, 0) is 16.1 Å². The van der Waals surface area contributed by atoms with Crippen LogP contribution in [0.2, 0.25) is 0 Å². The van der Waals surface area contributed by atoms with Crippen LogP contribution in [0.25, 0.3) is 0 Å². The van der Waals surface area contributed by atoms with Gasteiger partial charge in [-0.15, -0.1) is 0 Å². The summed E-state index contributed by atoms with van der Waals surface area (Å²) in [7, 11) is 1.09. The van der Waals surface area contributed by atoms with Crippen LogP contribution >= 0.6 is 0 Å². The van der Waals surface area contributed by atoms with E-state index in [0.29, 0.717) is 16.2 Å². The summed E-state index contributed by atoms with van der Waals surface area (Å²) in [4.78, 5) is 23.7. The number of rotatable bonds is 4. The number of halogens is 3. The molecule has 0 aromatic heterocycles. The van der Waals surface area contributed by atoms with Crippen LogP contribution in [0, 0.1) is 0 Å². The van der Waals surface area contributed by atoms with E-state index in [1.165, 1.54) is 0 Å². The Balaban J connectivity index is 1.99. The molecule has 1 saturated heterocycles. The molecule has 1 atom stereocenters.